The standard InChI is InChI=1S/C12H16FNO/c1-4-8-14(3)12-10(9(2)15)6-5-7-11(12)13/h4-7,9,15H,1,8H2,2-3H3/t9-/m0/s1. The lowest BCUT2D eigenvalue weighted by molar-refractivity contribution is 0.199. The van der Waals surface area contributed by atoms with Crippen LogP contribution < -0.4 is 4.90 Å². The number of benzene rings is 1. The van der Waals surface area contributed by atoms with Gasteiger partial charge in [0.1, 0.15) is 5.82 Å². The number of rotatable bonds is 4. The second-order valence-corrected chi connectivity index (χ2v) is 3.52. The minimum absolute atomic E-state index is 0.322. The van der Waals surface area contributed by atoms with Crippen LogP contribution in [-0.4, -0.2) is 18.7 Å². The van der Waals surface area contributed by atoms with E-state index in [1.807, 2.05) is 0 Å². The van der Waals surface area contributed by atoms with Crippen LogP contribution in [0.4, 0.5) is 10.1 Å². The minimum atomic E-state index is -0.678. The average Bonchev–Trinajstić information content (AvgIpc) is 2.17. The molecule has 0 saturated heterocycles. The Kier molecular flexibility index (Phi) is 3.86. The first-order valence-corrected chi connectivity index (χ1v) is 4.86. The second kappa shape index (κ2) is 4.94. The summed E-state index contributed by atoms with van der Waals surface area (Å²) in [5.74, 6) is -0.322. The Hall–Kier alpha value is -1.35. The van der Waals surface area contributed by atoms with E-state index in [-0.39, 0.29) is 5.82 Å². The molecule has 1 aromatic carbocycles. The Labute approximate surface area is 89.7 Å². The van der Waals surface area contributed by atoms with Crippen molar-refractivity contribution >= 4 is 5.69 Å². The van der Waals surface area contributed by atoms with Gasteiger partial charge in [-0.05, 0) is 13.0 Å². The third-order valence-electron chi connectivity index (χ3n) is 2.25. The van der Waals surface area contributed by atoms with Gasteiger partial charge in [-0.1, -0.05) is 18.2 Å². The van der Waals surface area contributed by atoms with Crippen LogP contribution in [0.1, 0.15) is 18.6 Å². The Morgan fingerprint density at radius 1 is 1.60 bits per heavy atom. The van der Waals surface area contributed by atoms with Gasteiger partial charge in [0.25, 0.3) is 0 Å². The first-order chi connectivity index (χ1) is 7.07. The summed E-state index contributed by atoms with van der Waals surface area (Å²) in [7, 11) is 1.77. The molecule has 1 rings (SSSR count). The minimum Gasteiger partial charge on any atom is -0.389 e. The zero-order chi connectivity index (χ0) is 11.4. The van der Waals surface area contributed by atoms with Crippen molar-refractivity contribution in [2.75, 3.05) is 18.5 Å². The molecule has 0 aliphatic heterocycles. The number of hydrogen-bond acceptors (Lipinski definition) is 2. The summed E-state index contributed by atoms with van der Waals surface area (Å²) < 4.78 is 13.6. The highest BCUT2D eigenvalue weighted by molar-refractivity contribution is 5.55. The van der Waals surface area contributed by atoms with Gasteiger partial charge >= 0.3 is 0 Å². The fraction of sp³-hybridized carbons (Fsp3) is 0.333. The molecule has 0 aliphatic carbocycles. The third-order valence-corrected chi connectivity index (χ3v) is 2.25. The van der Waals surface area contributed by atoms with Gasteiger partial charge in [0.15, 0.2) is 0 Å². The maximum absolute atomic E-state index is 13.6. The van der Waals surface area contributed by atoms with Gasteiger partial charge < -0.3 is 10.0 Å². The lowest BCUT2D eigenvalue weighted by Gasteiger charge is -2.22. The molecule has 0 heterocycles. The fourth-order valence-electron chi connectivity index (χ4n) is 1.56. The van der Waals surface area contributed by atoms with Crippen molar-refractivity contribution in [3.05, 3.63) is 42.2 Å². The Morgan fingerprint density at radius 3 is 2.80 bits per heavy atom. The summed E-state index contributed by atoms with van der Waals surface area (Å²) in [6.45, 7) is 5.77. The normalized spacial score (nSPS) is 12.3. The van der Waals surface area contributed by atoms with E-state index < -0.39 is 6.10 Å². The number of likely N-dealkylation sites (N-methyl/N-ethyl adjacent to an activating group) is 1. The molecule has 0 saturated carbocycles. The summed E-state index contributed by atoms with van der Waals surface area (Å²) in [5.41, 5.74) is 1.03. The van der Waals surface area contributed by atoms with Crippen molar-refractivity contribution in [3.63, 3.8) is 0 Å². The van der Waals surface area contributed by atoms with E-state index in [1.165, 1.54) is 6.07 Å². The number of aliphatic hydroxyl groups excluding tert-OH is 1. The highest BCUT2D eigenvalue weighted by atomic mass is 19.1. The van der Waals surface area contributed by atoms with Crippen LogP contribution in [0, 0.1) is 5.82 Å². The molecule has 0 bridgehead atoms. The van der Waals surface area contributed by atoms with Crippen molar-refractivity contribution in [2.24, 2.45) is 0 Å². The molecule has 0 radical (unpaired) electrons. The summed E-state index contributed by atoms with van der Waals surface area (Å²) in [6.07, 6.45) is 1.01. The molecule has 1 aromatic rings. The quantitative estimate of drug-likeness (QED) is 0.770. The van der Waals surface area contributed by atoms with Gasteiger partial charge in [-0.15, -0.1) is 6.58 Å². The monoisotopic (exact) mass is 209 g/mol. The van der Waals surface area contributed by atoms with Crippen molar-refractivity contribution in [1.29, 1.82) is 0 Å². The number of nitrogens with zero attached hydrogens (tertiary/aromatic N) is 1. The summed E-state index contributed by atoms with van der Waals surface area (Å²) in [4.78, 5) is 1.73. The van der Waals surface area contributed by atoms with E-state index in [2.05, 4.69) is 6.58 Å². The molecule has 0 amide bonds. The van der Waals surface area contributed by atoms with E-state index in [0.717, 1.165) is 0 Å². The van der Waals surface area contributed by atoms with E-state index in [0.29, 0.717) is 17.8 Å². The van der Waals surface area contributed by atoms with Crippen molar-refractivity contribution in [3.8, 4) is 0 Å². The van der Waals surface area contributed by atoms with E-state index in [9.17, 15) is 9.50 Å². The number of hydrogen-bond donors (Lipinski definition) is 1. The molecule has 2 nitrogen and oxygen atoms in total. The number of aliphatic hydroxyl groups is 1. The summed E-state index contributed by atoms with van der Waals surface area (Å²) >= 11 is 0. The molecule has 0 spiro atoms. The number of anilines is 1. The van der Waals surface area contributed by atoms with Crippen molar-refractivity contribution in [1.82, 2.24) is 0 Å². The lowest BCUT2D eigenvalue weighted by atomic mass is 10.1. The Bertz CT molecular complexity index is 349. The molecule has 0 aliphatic rings. The highest BCUT2D eigenvalue weighted by Gasteiger charge is 2.14. The molecule has 82 valence electrons. The SMILES string of the molecule is C=CCN(C)c1c(F)cccc1[C@H](C)O. The van der Waals surface area contributed by atoms with Crippen LogP contribution in [0.5, 0.6) is 0 Å². The van der Waals surface area contributed by atoms with Gasteiger partial charge in [-0.3, -0.25) is 0 Å². The maximum atomic E-state index is 13.6. The van der Waals surface area contributed by atoms with E-state index in [1.54, 1.807) is 37.1 Å². The van der Waals surface area contributed by atoms with Gasteiger partial charge in [-0.25, -0.2) is 4.39 Å². The van der Waals surface area contributed by atoms with Gasteiger partial charge in [-0.2, -0.15) is 0 Å². The fourth-order valence-corrected chi connectivity index (χ4v) is 1.56. The van der Waals surface area contributed by atoms with Crippen molar-refractivity contribution in [2.45, 2.75) is 13.0 Å². The summed E-state index contributed by atoms with van der Waals surface area (Å²) in [6, 6.07) is 4.71. The van der Waals surface area contributed by atoms with Crippen LogP contribution in [0.3, 0.4) is 0 Å². The zero-order valence-corrected chi connectivity index (χ0v) is 9.07. The molecular formula is C12H16FNO. The third kappa shape index (κ3) is 2.57. The highest BCUT2D eigenvalue weighted by Crippen LogP contribution is 2.28. The first-order valence-electron chi connectivity index (χ1n) is 4.86. The van der Waals surface area contributed by atoms with Gasteiger partial charge in [0, 0.05) is 19.2 Å². The average molecular weight is 209 g/mol. The smallest absolute Gasteiger partial charge is 0.146 e. The molecule has 3 heteroatoms. The summed E-state index contributed by atoms with van der Waals surface area (Å²) in [5, 5.41) is 9.53. The molecular weight excluding hydrogens is 193 g/mol. The molecule has 0 aromatic heterocycles. The molecule has 0 fully saturated rings. The van der Waals surface area contributed by atoms with Crippen LogP contribution in [0.2, 0.25) is 0 Å². The Morgan fingerprint density at radius 2 is 2.27 bits per heavy atom. The molecule has 0 unspecified atom stereocenters. The van der Waals surface area contributed by atoms with Crippen LogP contribution in [-0.2, 0) is 0 Å². The zero-order valence-electron chi connectivity index (χ0n) is 9.07. The van der Waals surface area contributed by atoms with E-state index >= 15 is 0 Å². The van der Waals surface area contributed by atoms with Gasteiger partial charge in [0.2, 0.25) is 0 Å². The Balaban J connectivity index is 3.17. The topological polar surface area (TPSA) is 23.5 Å². The largest absolute Gasteiger partial charge is 0.389 e. The second-order valence-electron chi connectivity index (χ2n) is 3.52. The first kappa shape index (κ1) is 11.7. The molecule has 1 atom stereocenters. The van der Waals surface area contributed by atoms with Crippen LogP contribution in [0.15, 0.2) is 30.9 Å². The molecule has 15 heavy (non-hydrogen) atoms. The predicted octanol–water partition coefficient (Wildman–Crippen LogP) is 2.50. The number of para-hydroxylation sites is 1. The van der Waals surface area contributed by atoms with Crippen LogP contribution in [0.25, 0.3) is 0 Å². The predicted molar refractivity (Wildman–Crippen MR) is 60.5 cm³/mol. The lowest BCUT2D eigenvalue weighted by Crippen LogP contribution is -2.20. The van der Waals surface area contributed by atoms with Crippen molar-refractivity contribution < 1.29 is 9.50 Å². The molecule has 1 N–H and O–H groups in total. The van der Waals surface area contributed by atoms with Gasteiger partial charge in [0.05, 0.1) is 11.8 Å². The maximum Gasteiger partial charge on any atom is 0.146 e. The number of halogens is 1. The van der Waals surface area contributed by atoms with E-state index in [4.69, 9.17) is 0 Å². The van der Waals surface area contributed by atoms with Crippen LogP contribution >= 0.6 is 0 Å².